The van der Waals surface area contributed by atoms with Crippen LogP contribution in [0.2, 0.25) is 0 Å². The van der Waals surface area contributed by atoms with Crippen molar-refractivity contribution < 1.29 is 4.74 Å². The normalized spacial score (nSPS) is 16.9. The van der Waals surface area contributed by atoms with Crippen LogP contribution in [0.4, 0.5) is 5.82 Å². The lowest BCUT2D eigenvalue weighted by molar-refractivity contribution is 0.0593. The Balaban J connectivity index is 1.75. The van der Waals surface area contributed by atoms with E-state index in [0.717, 1.165) is 61.1 Å². The van der Waals surface area contributed by atoms with E-state index in [4.69, 9.17) is 4.74 Å². The summed E-state index contributed by atoms with van der Waals surface area (Å²) in [5, 5.41) is 8.96. The molecule has 3 aromatic rings. The topological polar surface area (TPSA) is 82.7 Å². The van der Waals surface area contributed by atoms with Crippen LogP contribution in [-0.4, -0.2) is 42.5 Å². The zero-order chi connectivity index (χ0) is 18.1. The number of rotatable bonds is 5. The smallest absolute Gasteiger partial charge is 0.163 e. The van der Waals surface area contributed by atoms with Crippen molar-refractivity contribution in [2.75, 3.05) is 18.5 Å². The number of hydrogen-bond donors (Lipinski definition) is 1. The average Bonchev–Trinajstić information content (AvgIpc) is 3.27. The van der Waals surface area contributed by atoms with Crippen LogP contribution in [0.3, 0.4) is 0 Å². The number of anilines is 1. The van der Waals surface area contributed by atoms with Gasteiger partial charge in [0.2, 0.25) is 0 Å². The van der Waals surface area contributed by atoms with E-state index in [1.54, 1.807) is 4.68 Å². The first kappa shape index (κ1) is 17.0. The molecule has 4 rings (SSSR count). The highest BCUT2D eigenvalue weighted by atomic mass is 16.5. The molecule has 1 saturated heterocycles. The van der Waals surface area contributed by atoms with Crippen LogP contribution in [0, 0.1) is 12.8 Å². The third-order valence-electron chi connectivity index (χ3n) is 5.10. The molecule has 8 nitrogen and oxygen atoms in total. The van der Waals surface area contributed by atoms with E-state index in [1.807, 2.05) is 32.6 Å². The lowest BCUT2D eigenvalue weighted by Gasteiger charge is -2.31. The number of hydrogen-bond acceptors (Lipinski definition) is 6. The van der Waals surface area contributed by atoms with Crippen LogP contribution < -0.4 is 5.32 Å². The number of ether oxygens (including phenoxy) is 1. The first-order valence-corrected chi connectivity index (χ1v) is 9.19. The van der Waals surface area contributed by atoms with E-state index in [1.165, 1.54) is 0 Å². The van der Waals surface area contributed by atoms with Gasteiger partial charge in [-0.2, -0.15) is 5.10 Å². The highest BCUT2D eigenvalue weighted by molar-refractivity contribution is 5.86. The van der Waals surface area contributed by atoms with Gasteiger partial charge >= 0.3 is 0 Å². The standard InChI is InChI=1S/C18H25N7O/c1-4-25-8-7-19-18(25)15(13-5-9-26-10-6-13)23-16-14-11-20-24(3)17(14)22-12(2)21-16/h7-8,11,13,15H,4-6,9-10H2,1-3H3,(H,21,22,23)/t15-/m1/s1. The summed E-state index contributed by atoms with van der Waals surface area (Å²) in [6.07, 6.45) is 7.75. The van der Waals surface area contributed by atoms with Crippen molar-refractivity contribution in [3.8, 4) is 0 Å². The minimum atomic E-state index is 0.0755. The molecule has 3 aromatic heterocycles. The van der Waals surface area contributed by atoms with E-state index in [-0.39, 0.29) is 6.04 Å². The molecule has 1 fully saturated rings. The summed E-state index contributed by atoms with van der Waals surface area (Å²) >= 11 is 0. The predicted molar refractivity (Wildman–Crippen MR) is 98.8 cm³/mol. The predicted octanol–water partition coefficient (Wildman–Crippen LogP) is 2.47. The quantitative estimate of drug-likeness (QED) is 0.757. The Morgan fingerprint density at radius 1 is 1.31 bits per heavy atom. The van der Waals surface area contributed by atoms with Gasteiger partial charge < -0.3 is 14.6 Å². The first-order chi connectivity index (χ1) is 12.7. The monoisotopic (exact) mass is 355 g/mol. The minimum absolute atomic E-state index is 0.0755. The highest BCUT2D eigenvalue weighted by Gasteiger charge is 2.29. The van der Waals surface area contributed by atoms with E-state index < -0.39 is 0 Å². The third kappa shape index (κ3) is 3.05. The van der Waals surface area contributed by atoms with E-state index in [0.29, 0.717) is 5.92 Å². The first-order valence-electron chi connectivity index (χ1n) is 9.19. The molecular weight excluding hydrogens is 330 g/mol. The molecule has 0 aromatic carbocycles. The Hall–Kier alpha value is -2.48. The summed E-state index contributed by atoms with van der Waals surface area (Å²) in [5.74, 6) is 3.04. The zero-order valence-electron chi connectivity index (χ0n) is 15.5. The zero-order valence-corrected chi connectivity index (χ0v) is 15.5. The van der Waals surface area contributed by atoms with Gasteiger partial charge in [-0.05, 0) is 32.6 Å². The summed E-state index contributed by atoms with van der Waals surface area (Å²) in [6, 6.07) is 0.0755. The Bertz CT molecular complexity index is 894. The maximum atomic E-state index is 5.57. The van der Waals surface area contributed by atoms with Gasteiger partial charge in [0.1, 0.15) is 17.5 Å². The molecule has 1 N–H and O–H groups in total. The molecule has 1 aliphatic rings. The Morgan fingerprint density at radius 2 is 2.12 bits per heavy atom. The van der Waals surface area contributed by atoms with Crippen molar-refractivity contribution in [3.63, 3.8) is 0 Å². The Kier molecular flexibility index (Phi) is 4.58. The molecule has 0 bridgehead atoms. The molecule has 0 saturated carbocycles. The van der Waals surface area contributed by atoms with Crippen LogP contribution in [0.15, 0.2) is 18.6 Å². The van der Waals surface area contributed by atoms with Crippen molar-refractivity contribution in [1.82, 2.24) is 29.3 Å². The molecular formula is C18H25N7O. The second-order valence-corrected chi connectivity index (χ2v) is 6.77. The maximum absolute atomic E-state index is 5.57. The van der Waals surface area contributed by atoms with Gasteiger partial charge in [-0.1, -0.05) is 0 Å². The molecule has 0 amide bonds. The van der Waals surface area contributed by atoms with Crippen LogP contribution in [-0.2, 0) is 18.3 Å². The molecule has 8 heteroatoms. The lowest BCUT2D eigenvalue weighted by atomic mass is 9.91. The molecule has 26 heavy (non-hydrogen) atoms. The molecule has 4 heterocycles. The lowest BCUT2D eigenvalue weighted by Crippen LogP contribution is -2.29. The minimum Gasteiger partial charge on any atom is -0.381 e. The number of nitrogens with zero attached hydrogens (tertiary/aromatic N) is 6. The van der Waals surface area contributed by atoms with Crippen LogP contribution in [0.25, 0.3) is 11.0 Å². The third-order valence-corrected chi connectivity index (χ3v) is 5.10. The fourth-order valence-electron chi connectivity index (χ4n) is 3.70. The molecule has 0 unspecified atom stereocenters. The van der Waals surface area contributed by atoms with Gasteiger partial charge in [0.15, 0.2) is 5.65 Å². The summed E-state index contributed by atoms with van der Waals surface area (Å²) in [6.45, 7) is 6.53. The second-order valence-electron chi connectivity index (χ2n) is 6.77. The van der Waals surface area contributed by atoms with Gasteiger partial charge in [0, 0.05) is 39.2 Å². The van der Waals surface area contributed by atoms with E-state index in [2.05, 4.69) is 36.9 Å². The molecule has 1 atom stereocenters. The maximum Gasteiger partial charge on any atom is 0.163 e. The SMILES string of the molecule is CCn1ccnc1[C@H](Nc1nc(C)nc2c1cnn2C)C1CCOCC1. The Morgan fingerprint density at radius 3 is 2.88 bits per heavy atom. The number of fused-ring (bicyclic) bond motifs is 1. The Labute approximate surface area is 152 Å². The van der Waals surface area contributed by atoms with E-state index >= 15 is 0 Å². The van der Waals surface area contributed by atoms with Gasteiger partial charge in [-0.15, -0.1) is 0 Å². The van der Waals surface area contributed by atoms with Crippen LogP contribution in [0.1, 0.15) is 37.5 Å². The van der Waals surface area contributed by atoms with Crippen molar-refractivity contribution in [3.05, 3.63) is 30.2 Å². The molecule has 0 spiro atoms. The number of nitrogens with one attached hydrogen (secondary N) is 1. The number of imidazole rings is 1. The van der Waals surface area contributed by atoms with Crippen molar-refractivity contribution >= 4 is 16.9 Å². The number of aromatic nitrogens is 6. The molecule has 138 valence electrons. The van der Waals surface area contributed by atoms with Gasteiger partial charge in [0.05, 0.1) is 17.6 Å². The van der Waals surface area contributed by atoms with Crippen molar-refractivity contribution in [2.45, 2.75) is 39.3 Å². The summed E-state index contributed by atoms with van der Waals surface area (Å²) in [5.41, 5.74) is 0.838. The highest BCUT2D eigenvalue weighted by Crippen LogP contribution is 2.33. The fourth-order valence-corrected chi connectivity index (χ4v) is 3.70. The van der Waals surface area contributed by atoms with Gasteiger partial charge in [0.25, 0.3) is 0 Å². The summed E-state index contributed by atoms with van der Waals surface area (Å²) < 4.78 is 9.55. The van der Waals surface area contributed by atoms with Crippen molar-refractivity contribution in [2.24, 2.45) is 13.0 Å². The second kappa shape index (κ2) is 7.03. The largest absolute Gasteiger partial charge is 0.381 e. The summed E-state index contributed by atoms with van der Waals surface area (Å²) in [4.78, 5) is 13.9. The number of aryl methyl sites for hydroxylation is 3. The van der Waals surface area contributed by atoms with Gasteiger partial charge in [-0.25, -0.2) is 15.0 Å². The van der Waals surface area contributed by atoms with Crippen molar-refractivity contribution in [1.29, 1.82) is 0 Å². The molecule has 0 radical (unpaired) electrons. The average molecular weight is 355 g/mol. The van der Waals surface area contributed by atoms with Crippen LogP contribution >= 0.6 is 0 Å². The van der Waals surface area contributed by atoms with E-state index in [9.17, 15) is 0 Å². The molecule has 1 aliphatic heterocycles. The van der Waals surface area contributed by atoms with Crippen LogP contribution in [0.5, 0.6) is 0 Å². The van der Waals surface area contributed by atoms with Gasteiger partial charge in [-0.3, -0.25) is 4.68 Å². The summed E-state index contributed by atoms with van der Waals surface area (Å²) in [7, 11) is 1.90. The fraction of sp³-hybridized carbons (Fsp3) is 0.556. The molecule has 0 aliphatic carbocycles.